The van der Waals surface area contributed by atoms with Crippen LogP contribution in [0.25, 0.3) is 11.4 Å². The highest BCUT2D eigenvalue weighted by Crippen LogP contribution is 2.29. The summed E-state index contributed by atoms with van der Waals surface area (Å²) in [5, 5.41) is 0. The number of rotatable bonds is 3. The molecule has 2 rings (SSSR count). The fraction of sp³-hybridized carbons (Fsp3) is 0.333. The van der Waals surface area contributed by atoms with Crippen LogP contribution in [0.5, 0.6) is 0 Å². The SMILES string of the molecule is CCCc1nc(-c2c(C)cccc2C)nc(N)c1Br. The van der Waals surface area contributed by atoms with E-state index in [1.165, 1.54) is 11.1 Å². The Morgan fingerprint density at radius 1 is 1.16 bits per heavy atom. The van der Waals surface area contributed by atoms with Gasteiger partial charge in [-0.2, -0.15) is 0 Å². The van der Waals surface area contributed by atoms with Gasteiger partial charge in [-0.3, -0.25) is 0 Å². The molecule has 2 aromatic rings. The molecule has 0 aliphatic heterocycles. The number of hydrogen-bond acceptors (Lipinski definition) is 3. The van der Waals surface area contributed by atoms with Crippen LogP contribution in [0.15, 0.2) is 22.7 Å². The predicted octanol–water partition coefficient (Wildman–Crippen LogP) is 4.06. The molecule has 0 bridgehead atoms. The lowest BCUT2D eigenvalue weighted by Gasteiger charge is -2.12. The van der Waals surface area contributed by atoms with Crippen molar-refractivity contribution in [2.24, 2.45) is 0 Å². The molecule has 0 aliphatic carbocycles. The molecule has 0 unspecified atom stereocenters. The molecule has 100 valence electrons. The number of aromatic nitrogens is 2. The first kappa shape index (κ1) is 14.0. The van der Waals surface area contributed by atoms with Gasteiger partial charge in [0.2, 0.25) is 0 Å². The molecule has 0 amide bonds. The van der Waals surface area contributed by atoms with Crippen molar-refractivity contribution >= 4 is 21.7 Å². The second-order valence-corrected chi connectivity index (χ2v) is 5.50. The van der Waals surface area contributed by atoms with E-state index in [1.807, 2.05) is 6.07 Å². The van der Waals surface area contributed by atoms with E-state index in [1.54, 1.807) is 0 Å². The molecule has 19 heavy (non-hydrogen) atoms. The van der Waals surface area contributed by atoms with E-state index in [2.05, 4.69) is 58.8 Å². The minimum Gasteiger partial charge on any atom is -0.383 e. The van der Waals surface area contributed by atoms with Crippen LogP contribution >= 0.6 is 15.9 Å². The van der Waals surface area contributed by atoms with Crippen LogP contribution in [-0.4, -0.2) is 9.97 Å². The van der Waals surface area contributed by atoms with Crippen molar-refractivity contribution < 1.29 is 0 Å². The van der Waals surface area contributed by atoms with Crippen LogP contribution in [0.3, 0.4) is 0 Å². The summed E-state index contributed by atoms with van der Waals surface area (Å²) in [6, 6.07) is 6.19. The van der Waals surface area contributed by atoms with Crippen molar-refractivity contribution in [2.45, 2.75) is 33.6 Å². The van der Waals surface area contributed by atoms with Gasteiger partial charge in [0, 0.05) is 5.56 Å². The summed E-state index contributed by atoms with van der Waals surface area (Å²) in [5.41, 5.74) is 10.4. The second kappa shape index (κ2) is 5.70. The van der Waals surface area contributed by atoms with Crippen LogP contribution in [0, 0.1) is 13.8 Å². The summed E-state index contributed by atoms with van der Waals surface area (Å²) in [6.45, 7) is 6.27. The van der Waals surface area contributed by atoms with E-state index < -0.39 is 0 Å². The highest BCUT2D eigenvalue weighted by molar-refractivity contribution is 9.10. The molecule has 0 radical (unpaired) electrons. The minimum absolute atomic E-state index is 0.510. The van der Waals surface area contributed by atoms with E-state index in [4.69, 9.17) is 5.73 Å². The topological polar surface area (TPSA) is 51.8 Å². The zero-order chi connectivity index (χ0) is 14.0. The number of anilines is 1. The molecule has 0 spiro atoms. The predicted molar refractivity (Wildman–Crippen MR) is 83.0 cm³/mol. The van der Waals surface area contributed by atoms with Crippen molar-refractivity contribution in [3.05, 3.63) is 39.5 Å². The van der Waals surface area contributed by atoms with Gasteiger partial charge in [0.25, 0.3) is 0 Å². The summed E-state index contributed by atoms with van der Waals surface area (Å²) in [5.74, 6) is 1.23. The fourth-order valence-electron chi connectivity index (χ4n) is 2.19. The maximum absolute atomic E-state index is 5.99. The molecular formula is C15H18BrN3. The maximum atomic E-state index is 5.99. The average Bonchev–Trinajstić information content (AvgIpc) is 2.35. The van der Waals surface area contributed by atoms with Crippen LogP contribution < -0.4 is 5.73 Å². The lowest BCUT2D eigenvalue weighted by Crippen LogP contribution is -2.04. The largest absolute Gasteiger partial charge is 0.383 e. The number of nitrogens with two attached hydrogens (primary N) is 1. The van der Waals surface area contributed by atoms with Crippen molar-refractivity contribution in [3.8, 4) is 11.4 Å². The summed E-state index contributed by atoms with van der Waals surface area (Å²) < 4.78 is 0.823. The zero-order valence-electron chi connectivity index (χ0n) is 11.5. The van der Waals surface area contributed by atoms with Crippen molar-refractivity contribution in [3.63, 3.8) is 0 Å². The molecule has 0 atom stereocenters. The highest BCUT2D eigenvalue weighted by Gasteiger charge is 2.13. The number of aryl methyl sites for hydroxylation is 3. The molecule has 0 aliphatic rings. The Labute approximate surface area is 122 Å². The second-order valence-electron chi connectivity index (χ2n) is 4.71. The molecule has 0 saturated carbocycles. The number of nitrogen functional groups attached to an aromatic ring is 1. The van der Waals surface area contributed by atoms with Crippen LogP contribution in [-0.2, 0) is 6.42 Å². The van der Waals surface area contributed by atoms with Gasteiger partial charge in [0.1, 0.15) is 5.82 Å². The first-order valence-electron chi connectivity index (χ1n) is 6.43. The first-order chi connectivity index (χ1) is 9.04. The van der Waals surface area contributed by atoms with Crippen molar-refractivity contribution in [1.29, 1.82) is 0 Å². The van der Waals surface area contributed by atoms with E-state index >= 15 is 0 Å². The summed E-state index contributed by atoms with van der Waals surface area (Å²) >= 11 is 3.47. The normalized spacial score (nSPS) is 10.7. The molecule has 0 saturated heterocycles. The molecule has 2 N–H and O–H groups in total. The van der Waals surface area contributed by atoms with Gasteiger partial charge in [-0.15, -0.1) is 0 Å². The molecule has 0 fully saturated rings. The van der Waals surface area contributed by atoms with E-state index in [0.717, 1.165) is 34.4 Å². The highest BCUT2D eigenvalue weighted by atomic mass is 79.9. The summed E-state index contributed by atoms with van der Waals surface area (Å²) in [6.07, 6.45) is 1.92. The zero-order valence-corrected chi connectivity index (χ0v) is 13.1. The van der Waals surface area contributed by atoms with E-state index in [0.29, 0.717) is 5.82 Å². The third kappa shape index (κ3) is 2.78. The summed E-state index contributed by atoms with van der Waals surface area (Å²) in [4.78, 5) is 9.10. The molecule has 3 nitrogen and oxygen atoms in total. The van der Waals surface area contributed by atoms with Crippen LogP contribution in [0.4, 0.5) is 5.82 Å². The fourth-order valence-corrected chi connectivity index (χ4v) is 2.57. The summed E-state index contributed by atoms with van der Waals surface area (Å²) in [7, 11) is 0. The Balaban J connectivity index is 2.63. The smallest absolute Gasteiger partial charge is 0.162 e. The van der Waals surface area contributed by atoms with Crippen LogP contribution in [0.2, 0.25) is 0 Å². The molecule has 4 heteroatoms. The lowest BCUT2D eigenvalue weighted by atomic mass is 10.0. The van der Waals surface area contributed by atoms with Crippen molar-refractivity contribution in [1.82, 2.24) is 9.97 Å². The Hall–Kier alpha value is -1.42. The van der Waals surface area contributed by atoms with Gasteiger partial charge in [0.15, 0.2) is 5.82 Å². The quantitative estimate of drug-likeness (QED) is 0.928. The third-order valence-corrected chi connectivity index (χ3v) is 4.00. The molecular weight excluding hydrogens is 302 g/mol. The Bertz CT molecular complexity index is 588. The lowest BCUT2D eigenvalue weighted by molar-refractivity contribution is 0.869. The number of benzene rings is 1. The van der Waals surface area contributed by atoms with Crippen LogP contribution in [0.1, 0.15) is 30.2 Å². The Morgan fingerprint density at radius 2 is 1.79 bits per heavy atom. The van der Waals surface area contributed by atoms with Gasteiger partial charge < -0.3 is 5.73 Å². The third-order valence-electron chi connectivity index (χ3n) is 3.14. The van der Waals surface area contributed by atoms with E-state index in [-0.39, 0.29) is 0 Å². The molecule has 1 heterocycles. The molecule has 1 aromatic heterocycles. The van der Waals surface area contributed by atoms with Gasteiger partial charge in [-0.25, -0.2) is 9.97 Å². The van der Waals surface area contributed by atoms with Crippen molar-refractivity contribution in [2.75, 3.05) is 5.73 Å². The maximum Gasteiger partial charge on any atom is 0.162 e. The Kier molecular flexibility index (Phi) is 4.20. The minimum atomic E-state index is 0.510. The number of nitrogens with zero attached hydrogens (tertiary/aromatic N) is 2. The standard InChI is InChI=1S/C15H18BrN3/c1-4-6-11-13(16)14(17)19-15(18-11)12-9(2)7-5-8-10(12)3/h5,7-8H,4,6H2,1-3H3,(H2,17,18,19). The Morgan fingerprint density at radius 3 is 2.37 bits per heavy atom. The molecule has 1 aromatic carbocycles. The number of halogens is 1. The monoisotopic (exact) mass is 319 g/mol. The first-order valence-corrected chi connectivity index (χ1v) is 7.22. The van der Waals surface area contributed by atoms with Gasteiger partial charge in [0.05, 0.1) is 10.2 Å². The number of hydrogen-bond donors (Lipinski definition) is 1. The van der Waals surface area contributed by atoms with Gasteiger partial charge >= 0.3 is 0 Å². The van der Waals surface area contributed by atoms with Gasteiger partial charge in [-0.05, 0) is 47.3 Å². The average molecular weight is 320 g/mol. The van der Waals surface area contributed by atoms with E-state index in [9.17, 15) is 0 Å². The van der Waals surface area contributed by atoms with Gasteiger partial charge in [-0.1, -0.05) is 31.5 Å².